The predicted octanol–water partition coefficient (Wildman–Crippen LogP) is 4.47. The summed E-state index contributed by atoms with van der Waals surface area (Å²) in [5.41, 5.74) is 0. The Morgan fingerprint density at radius 1 is 1.07 bits per heavy atom. The van der Waals surface area contributed by atoms with E-state index in [0.29, 0.717) is 0 Å². The zero-order valence-corrected chi connectivity index (χ0v) is 14.6. The van der Waals surface area contributed by atoms with Crippen LogP contribution in [0.5, 0.6) is 0 Å². The van der Waals surface area contributed by atoms with Gasteiger partial charge in [-0.2, -0.15) is 0 Å². The summed E-state index contributed by atoms with van der Waals surface area (Å²) in [6.07, 6.45) is 10.9. The van der Waals surface area contributed by atoms with Crippen molar-refractivity contribution < 1.29 is 0 Å². The summed E-state index contributed by atoms with van der Waals surface area (Å²) in [5.74, 6) is 0. The molecule has 0 aromatic rings. The molecule has 0 aliphatic carbocycles. The van der Waals surface area contributed by atoms with Crippen LogP contribution in [0.2, 0.25) is 9.79 Å². The second kappa shape index (κ2) is 13.1. The van der Waals surface area contributed by atoms with Crippen molar-refractivity contribution in [2.75, 3.05) is 0 Å². The molecule has 0 aliphatic heterocycles. The van der Waals surface area contributed by atoms with Crippen LogP contribution in [0.3, 0.4) is 0 Å². The maximum absolute atomic E-state index is 2.59. The Labute approximate surface area is 113 Å². The van der Waals surface area contributed by atoms with Crippen LogP contribution in [0.25, 0.3) is 0 Å². The van der Waals surface area contributed by atoms with Gasteiger partial charge in [0.15, 0.2) is 0 Å². The van der Waals surface area contributed by atoms with E-state index in [9.17, 15) is 0 Å². The van der Waals surface area contributed by atoms with Crippen LogP contribution in [0.1, 0.15) is 59.3 Å². The monoisotopic (exact) mass is 392 g/mol. The second-order valence-electron chi connectivity index (χ2n) is 3.72. The molecule has 0 rings (SSSR count). The minimum absolute atomic E-state index is 0.234. The SMILES string of the molecule is CCC/C=C(/[Se]CCCC)[Te]CCCC. The van der Waals surface area contributed by atoms with E-state index in [1.54, 1.807) is 4.47 Å². The molecule has 15 heavy (non-hydrogen) atoms. The molecule has 0 aromatic heterocycles. The van der Waals surface area contributed by atoms with Gasteiger partial charge in [0.2, 0.25) is 0 Å². The van der Waals surface area contributed by atoms with E-state index in [4.69, 9.17) is 0 Å². The molecule has 0 spiro atoms. The summed E-state index contributed by atoms with van der Waals surface area (Å²) in [6, 6.07) is 0. The number of allylic oxidation sites excluding steroid dienone is 1. The number of rotatable bonds is 10. The minimum atomic E-state index is 0.234. The summed E-state index contributed by atoms with van der Waals surface area (Å²) in [7, 11) is 0. The predicted molar refractivity (Wildman–Crippen MR) is 73.9 cm³/mol. The average Bonchev–Trinajstić information content (AvgIpc) is 2.25. The van der Waals surface area contributed by atoms with Gasteiger partial charge in [-0.15, -0.1) is 0 Å². The summed E-state index contributed by atoms with van der Waals surface area (Å²) < 4.78 is 3.47. The number of unbranched alkanes of at least 4 members (excludes halogenated alkanes) is 3. The molecule has 2 heteroatoms. The fourth-order valence-electron chi connectivity index (χ4n) is 1.06. The molecule has 0 unspecified atom stereocenters. The van der Waals surface area contributed by atoms with Crippen molar-refractivity contribution in [1.29, 1.82) is 0 Å². The first-order chi connectivity index (χ1) is 7.35. The normalized spacial score (nSPS) is 12.1. The van der Waals surface area contributed by atoms with Gasteiger partial charge in [0.25, 0.3) is 0 Å². The molecule has 0 aromatic carbocycles. The van der Waals surface area contributed by atoms with Crippen molar-refractivity contribution in [1.82, 2.24) is 0 Å². The molecule has 0 atom stereocenters. The average molecular weight is 389 g/mol. The zero-order valence-electron chi connectivity index (χ0n) is 10.6. The third kappa shape index (κ3) is 11.3. The Bertz CT molecular complexity index is 143. The van der Waals surface area contributed by atoms with Gasteiger partial charge in [0.05, 0.1) is 0 Å². The topological polar surface area (TPSA) is 0 Å². The summed E-state index contributed by atoms with van der Waals surface area (Å²) in [4.78, 5) is 0. The van der Waals surface area contributed by atoms with Crippen molar-refractivity contribution in [2.24, 2.45) is 0 Å². The van der Waals surface area contributed by atoms with Gasteiger partial charge in [-0.05, 0) is 0 Å². The van der Waals surface area contributed by atoms with Crippen molar-refractivity contribution in [3.05, 3.63) is 8.60 Å². The van der Waals surface area contributed by atoms with Crippen LogP contribution in [-0.2, 0) is 0 Å². The first-order valence-electron chi connectivity index (χ1n) is 6.30. The summed E-state index contributed by atoms with van der Waals surface area (Å²) in [5, 5.41) is 1.50. The molecule has 0 nitrogen and oxygen atoms in total. The van der Waals surface area contributed by atoms with E-state index >= 15 is 0 Å². The van der Waals surface area contributed by atoms with Gasteiger partial charge >= 0.3 is 114 Å². The molecule has 0 N–H and O–H groups in total. The molecule has 0 aliphatic rings. The zero-order chi connectivity index (χ0) is 11.4. The molecule has 0 amide bonds. The van der Waals surface area contributed by atoms with Crippen LogP contribution < -0.4 is 0 Å². The van der Waals surface area contributed by atoms with Gasteiger partial charge in [0.1, 0.15) is 0 Å². The fourth-order valence-corrected chi connectivity index (χ4v) is 9.18. The fraction of sp³-hybridized carbons (Fsp3) is 0.846. The maximum atomic E-state index is 2.59. The van der Waals surface area contributed by atoms with Gasteiger partial charge in [-0.1, -0.05) is 0 Å². The molecular weight excluding hydrogens is 363 g/mol. The van der Waals surface area contributed by atoms with Gasteiger partial charge in [-0.25, -0.2) is 0 Å². The first-order valence-corrected chi connectivity index (χ1v) is 11.2. The van der Waals surface area contributed by atoms with Crippen LogP contribution in [0.4, 0.5) is 0 Å². The third-order valence-corrected chi connectivity index (χ3v) is 10.2. The third-order valence-electron chi connectivity index (χ3n) is 2.08. The Hall–Kier alpha value is 1.05. The molecule has 0 heterocycles. The molecule has 0 radical (unpaired) electrons. The van der Waals surface area contributed by atoms with Crippen LogP contribution in [0.15, 0.2) is 8.60 Å². The van der Waals surface area contributed by atoms with E-state index in [1.165, 1.54) is 43.8 Å². The molecule has 90 valence electrons. The van der Waals surface area contributed by atoms with Crippen molar-refractivity contribution >= 4 is 35.9 Å². The van der Waals surface area contributed by atoms with Gasteiger partial charge < -0.3 is 0 Å². The Kier molecular flexibility index (Phi) is 14.0. The molecule has 0 saturated carbocycles. The van der Waals surface area contributed by atoms with Gasteiger partial charge in [0, 0.05) is 0 Å². The molecule has 0 bridgehead atoms. The van der Waals surface area contributed by atoms with Crippen molar-refractivity contribution in [3.8, 4) is 0 Å². The Morgan fingerprint density at radius 3 is 2.40 bits per heavy atom. The van der Waals surface area contributed by atoms with Crippen molar-refractivity contribution in [2.45, 2.75) is 69.1 Å². The standard InChI is InChI=1S/C13H26SeTe/c1-4-7-10-13(14-11-8-5-2)15-12-9-6-3/h10H,4-9,11-12H2,1-3H3/b13-10-. The molecule has 0 fully saturated rings. The van der Waals surface area contributed by atoms with E-state index in [1.807, 2.05) is 2.52 Å². The quantitative estimate of drug-likeness (QED) is 0.382. The Morgan fingerprint density at radius 2 is 1.80 bits per heavy atom. The number of hydrogen-bond acceptors (Lipinski definition) is 0. The number of hydrogen-bond donors (Lipinski definition) is 0. The van der Waals surface area contributed by atoms with E-state index in [-0.39, 0.29) is 20.9 Å². The Balaban J connectivity index is 3.73. The van der Waals surface area contributed by atoms with Crippen LogP contribution in [-0.4, -0.2) is 35.9 Å². The van der Waals surface area contributed by atoms with Crippen LogP contribution >= 0.6 is 0 Å². The first kappa shape index (κ1) is 16.0. The molecular formula is C13H26SeTe. The second-order valence-corrected chi connectivity index (χ2v) is 11.2. The van der Waals surface area contributed by atoms with Crippen molar-refractivity contribution in [3.63, 3.8) is 0 Å². The van der Waals surface area contributed by atoms with E-state index in [0.717, 1.165) is 15.0 Å². The van der Waals surface area contributed by atoms with Gasteiger partial charge in [-0.3, -0.25) is 0 Å². The molecule has 0 saturated heterocycles. The summed E-state index contributed by atoms with van der Waals surface area (Å²) in [6.45, 7) is 6.91. The van der Waals surface area contributed by atoms with E-state index in [2.05, 4.69) is 26.8 Å². The van der Waals surface area contributed by atoms with E-state index < -0.39 is 0 Å². The van der Waals surface area contributed by atoms with Crippen LogP contribution in [0, 0.1) is 0 Å². The summed E-state index contributed by atoms with van der Waals surface area (Å²) >= 11 is 1.10.